The van der Waals surface area contributed by atoms with E-state index in [1.807, 2.05) is 0 Å². The number of aliphatic hydroxyl groups excluding tert-OH is 1. The van der Waals surface area contributed by atoms with E-state index in [-0.39, 0.29) is 63.2 Å². The van der Waals surface area contributed by atoms with Crippen LogP contribution in [0.25, 0.3) is 0 Å². The molecule has 238 valence electrons. The third kappa shape index (κ3) is 12.3. The molecule has 0 unspecified atom stereocenters. The van der Waals surface area contributed by atoms with Crippen LogP contribution in [0.15, 0.2) is 0 Å². The van der Waals surface area contributed by atoms with Gasteiger partial charge in [-0.15, -0.1) is 0 Å². The van der Waals surface area contributed by atoms with E-state index in [0.29, 0.717) is 10.1 Å². The van der Waals surface area contributed by atoms with Crippen molar-refractivity contribution < 1.29 is 54.3 Å². The van der Waals surface area contributed by atoms with Crippen LogP contribution < -0.4 is 21.3 Å². The van der Waals surface area contributed by atoms with Crippen LogP contribution >= 0.6 is 0 Å². The maximum Gasteiger partial charge on any atom is 0.270 e. The van der Waals surface area contributed by atoms with Gasteiger partial charge < -0.3 is 26.4 Å². The fraction of sp³-hybridized carbons (Fsp3) is 0.708. The van der Waals surface area contributed by atoms with Crippen molar-refractivity contribution in [1.82, 2.24) is 36.5 Å². The molecular formula is C24H41N7O11. The second kappa shape index (κ2) is 17.8. The molecule has 42 heavy (non-hydrogen) atoms. The lowest BCUT2D eigenvalue weighted by Gasteiger charge is -2.30. The van der Waals surface area contributed by atoms with Gasteiger partial charge in [0, 0.05) is 40.4 Å². The molecule has 1 aliphatic heterocycles. The van der Waals surface area contributed by atoms with Crippen LogP contribution in [0.4, 0.5) is 0 Å². The highest BCUT2D eigenvalue weighted by atomic mass is 16.5. The Balaban J connectivity index is 2.57. The summed E-state index contributed by atoms with van der Waals surface area (Å²) < 4.78 is 0. The fourth-order valence-electron chi connectivity index (χ4n) is 3.99. The Labute approximate surface area is 242 Å². The summed E-state index contributed by atoms with van der Waals surface area (Å²) in [5, 5.41) is 49.6. The zero-order chi connectivity index (χ0) is 32.0. The van der Waals surface area contributed by atoms with Gasteiger partial charge in [0.2, 0.25) is 35.4 Å². The fourth-order valence-corrected chi connectivity index (χ4v) is 3.99. The van der Waals surface area contributed by atoms with E-state index in [4.69, 9.17) is 0 Å². The number of hydrogen-bond donors (Lipinski definition) is 8. The predicted molar refractivity (Wildman–Crippen MR) is 140 cm³/mol. The van der Waals surface area contributed by atoms with Gasteiger partial charge in [0.25, 0.3) is 5.91 Å². The molecular weight excluding hydrogens is 562 g/mol. The Bertz CT molecular complexity index is 996. The molecule has 1 saturated heterocycles. The highest BCUT2D eigenvalue weighted by Crippen LogP contribution is 2.10. The molecule has 7 amide bonds. The Morgan fingerprint density at radius 2 is 1.19 bits per heavy atom. The van der Waals surface area contributed by atoms with E-state index in [1.165, 1.54) is 6.92 Å². The SMILES string of the molecule is CC(=O)N[C@@H](CCCN(O)C(C)=O)C(=O)N[C@H](CO)C(=O)N(O)CCC[C@@H]1NC(=O)[C@H](CCCN(O)C(C)=O)NC1=O. The van der Waals surface area contributed by atoms with Crippen LogP contribution in [0.2, 0.25) is 0 Å². The minimum absolute atomic E-state index is 0.00839. The van der Waals surface area contributed by atoms with Gasteiger partial charge in [0.05, 0.1) is 6.61 Å². The summed E-state index contributed by atoms with van der Waals surface area (Å²) >= 11 is 0. The summed E-state index contributed by atoms with van der Waals surface area (Å²) in [6, 6.07) is -4.52. The molecule has 18 heteroatoms. The topological polar surface area (TPSA) is 258 Å². The summed E-state index contributed by atoms with van der Waals surface area (Å²) in [7, 11) is 0. The molecule has 18 nitrogen and oxygen atoms in total. The average Bonchev–Trinajstić information content (AvgIpc) is 2.92. The maximum atomic E-state index is 12.7. The normalized spacial score (nSPS) is 17.7. The summed E-state index contributed by atoms with van der Waals surface area (Å²) in [4.78, 5) is 83.7. The van der Waals surface area contributed by atoms with Gasteiger partial charge in [-0.1, -0.05) is 0 Å². The Kier molecular flexibility index (Phi) is 15.4. The standard InChI is InChI=1S/C24H41N7O11/c1-14(33)25-17(7-4-10-29(40)15(2)34)21(36)28-20(13-32)24(39)31(42)12-6-9-19-23(38)26-18(22(37)27-19)8-5-11-30(41)16(3)35/h17-20,32,40-42H,4-13H2,1-3H3,(H,25,33)(H,26,38)(H,27,37)(H,28,36)/t17-,18-,19-,20+/m0/s1. The monoisotopic (exact) mass is 603 g/mol. The molecule has 1 fully saturated rings. The number of piperazine rings is 1. The number of nitrogens with one attached hydrogen (secondary N) is 4. The number of carbonyl (C=O) groups excluding carboxylic acids is 7. The average molecular weight is 604 g/mol. The summed E-state index contributed by atoms with van der Waals surface area (Å²) in [6.45, 7) is 2.16. The van der Waals surface area contributed by atoms with Gasteiger partial charge in [-0.05, 0) is 38.5 Å². The molecule has 1 rings (SSSR count). The lowest BCUT2D eigenvalue weighted by atomic mass is 10.0. The summed E-state index contributed by atoms with van der Waals surface area (Å²) in [5.74, 6) is -4.59. The van der Waals surface area contributed by atoms with Crippen LogP contribution in [0.1, 0.15) is 59.3 Å². The molecule has 0 radical (unpaired) electrons. The Morgan fingerprint density at radius 1 is 0.738 bits per heavy atom. The highest BCUT2D eigenvalue weighted by molar-refractivity contribution is 5.97. The highest BCUT2D eigenvalue weighted by Gasteiger charge is 2.34. The quantitative estimate of drug-likeness (QED) is 0.0613. The number of aliphatic hydroxyl groups is 1. The minimum Gasteiger partial charge on any atom is -0.394 e. The first kappa shape index (κ1) is 36.2. The molecule has 0 saturated carbocycles. The van der Waals surface area contributed by atoms with Gasteiger partial charge in [0.1, 0.15) is 24.2 Å². The molecule has 0 aliphatic carbocycles. The van der Waals surface area contributed by atoms with Crippen LogP contribution in [-0.2, 0) is 33.6 Å². The van der Waals surface area contributed by atoms with Crippen molar-refractivity contribution in [2.24, 2.45) is 0 Å². The number of amides is 7. The molecule has 8 N–H and O–H groups in total. The second-order valence-electron chi connectivity index (χ2n) is 9.79. The van der Waals surface area contributed by atoms with Gasteiger partial charge in [-0.2, -0.15) is 0 Å². The second-order valence-corrected chi connectivity index (χ2v) is 9.79. The minimum atomic E-state index is -1.57. The molecule has 1 aliphatic rings. The Morgan fingerprint density at radius 3 is 1.62 bits per heavy atom. The molecule has 0 aromatic heterocycles. The molecule has 0 bridgehead atoms. The van der Waals surface area contributed by atoms with Gasteiger partial charge in [0.15, 0.2) is 0 Å². The molecule has 4 atom stereocenters. The molecule has 0 aromatic rings. The lowest BCUT2D eigenvalue weighted by molar-refractivity contribution is -0.170. The van der Waals surface area contributed by atoms with E-state index < -0.39 is 72.1 Å². The van der Waals surface area contributed by atoms with E-state index in [0.717, 1.165) is 13.8 Å². The summed E-state index contributed by atoms with van der Waals surface area (Å²) in [6.07, 6.45) is 0.646. The van der Waals surface area contributed by atoms with Gasteiger partial charge in [-0.3, -0.25) is 49.2 Å². The number of hydrogen-bond acceptors (Lipinski definition) is 11. The van der Waals surface area contributed by atoms with Crippen molar-refractivity contribution in [3.05, 3.63) is 0 Å². The number of hydroxylamine groups is 6. The number of carbonyl (C=O) groups is 7. The van der Waals surface area contributed by atoms with Crippen molar-refractivity contribution >= 4 is 41.4 Å². The third-order valence-electron chi connectivity index (χ3n) is 6.33. The lowest BCUT2D eigenvalue weighted by Crippen LogP contribution is -2.61. The van der Waals surface area contributed by atoms with Crippen molar-refractivity contribution in [3.63, 3.8) is 0 Å². The zero-order valence-corrected chi connectivity index (χ0v) is 23.9. The summed E-state index contributed by atoms with van der Waals surface area (Å²) in [5.41, 5.74) is 0. The van der Waals surface area contributed by atoms with E-state index in [2.05, 4.69) is 21.3 Å². The number of rotatable bonds is 17. The first-order chi connectivity index (χ1) is 19.7. The van der Waals surface area contributed by atoms with Crippen LogP contribution in [0.3, 0.4) is 0 Å². The predicted octanol–water partition coefficient (Wildman–Crippen LogP) is -3.01. The van der Waals surface area contributed by atoms with Crippen molar-refractivity contribution in [2.75, 3.05) is 26.2 Å². The van der Waals surface area contributed by atoms with Crippen LogP contribution in [0.5, 0.6) is 0 Å². The van der Waals surface area contributed by atoms with E-state index >= 15 is 0 Å². The first-order valence-electron chi connectivity index (χ1n) is 13.4. The Hall–Kier alpha value is -3.87. The first-order valence-corrected chi connectivity index (χ1v) is 13.4. The van der Waals surface area contributed by atoms with Crippen LogP contribution in [-0.4, -0.2) is 128 Å². The van der Waals surface area contributed by atoms with Gasteiger partial charge in [-0.25, -0.2) is 15.2 Å². The smallest absolute Gasteiger partial charge is 0.270 e. The largest absolute Gasteiger partial charge is 0.394 e. The van der Waals surface area contributed by atoms with Crippen molar-refractivity contribution in [3.8, 4) is 0 Å². The number of nitrogens with zero attached hydrogens (tertiary/aromatic N) is 3. The zero-order valence-electron chi connectivity index (χ0n) is 23.9. The van der Waals surface area contributed by atoms with Crippen LogP contribution in [0, 0.1) is 0 Å². The molecule has 0 aromatic carbocycles. The van der Waals surface area contributed by atoms with Gasteiger partial charge >= 0.3 is 0 Å². The third-order valence-corrected chi connectivity index (χ3v) is 6.33. The van der Waals surface area contributed by atoms with Crippen molar-refractivity contribution in [2.45, 2.75) is 83.5 Å². The molecule has 0 spiro atoms. The molecule has 1 heterocycles. The van der Waals surface area contributed by atoms with E-state index in [9.17, 15) is 54.3 Å². The van der Waals surface area contributed by atoms with E-state index in [1.54, 1.807) is 0 Å². The van der Waals surface area contributed by atoms with Crippen molar-refractivity contribution in [1.29, 1.82) is 0 Å². The maximum absolute atomic E-state index is 12.7.